The van der Waals surface area contributed by atoms with Crippen LogP contribution in [-0.2, 0) is 4.79 Å². The maximum absolute atomic E-state index is 11.6. The number of carbonyl (C=O) groups excluding carboxylic acids is 1. The normalized spacial score (nSPS) is 13.5. The predicted octanol–water partition coefficient (Wildman–Crippen LogP) is 2.08. The van der Waals surface area contributed by atoms with Crippen molar-refractivity contribution in [3.05, 3.63) is 11.8 Å². The summed E-state index contributed by atoms with van der Waals surface area (Å²) in [5.74, 6) is 0.230. The highest BCUT2D eigenvalue weighted by Gasteiger charge is 2.18. The summed E-state index contributed by atoms with van der Waals surface area (Å²) in [6.07, 6.45) is 1.09. The summed E-state index contributed by atoms with van der Waals surface area (Å²) in [5, 5.41) is 6.32. The molecule has 96 valence electrons. The first-order chi connectivity index (χ1) is 7.76. The Labute approximate surface area is 102 Å². The SMILES string of the molecule is Cc1cc(NC(=O)CC(N)CC(C)(C)C)on1. The Morgan fingerprint density at radius 3 is 2.71 bits per heavy atom. The first kappa shape index (κ1) is 13.7. The Bertz CT molecular complexity index is 379. The maximum Gasteiger partial charge on any atom is 0.231 e. The number of nitrogens with zero attached hydrogens (tertiary/aromatic N) is 1. The van der Waals surface area contributed by atoms with Gasteiger partial charge in [0.15, 0.2) is 0 Å². The number of nitrogens with two attached hydrogens (primary N) is 1. The zero-order valence-electron chi connectivity index (χ0n) is 10.9. The molecular weight excluding hydrogens is 218 g/mol. The fourth-order valence-corrected chi connectivity index (χ4v) is 1.71. The van der Waals surface area contributed by atoms with Crippen LogP contribution in [0.25, 0.3) is 0 Å². The highest BCUT2D eigenvalue weighted by atomic mass is 16.5. The highest BCUT2D eigenvalue weighted by Crippen LogP contribution is 2.21. The number of nitrogens with one attached hydrogen (secondary N) is 1. The average molecular weight is 239 g/mol. The van der Waals surface area contributed by atoms with Gasteiger partial charge in [-0.15, -0.1) is 0 Å². The van der Waals surface area contributed by atoms with Gasteiger partial charge in [0.05, 0.1) is 5.69 Å². The van der Waals surface area contributed by atoms with Crippen LogP contribution in [-0.4, -0.2) is 17.1 Å². The largest absolute Gasteiger partial charge is 0.338 e. The van der Waals surface area contributed by atoms with Crippen molar-refractivity contribution in [1.82, 2.24) is 5.16 Å². The van der Waals surface area contributed by atoms with E-state index < -0.39 is 0 Å². The second-order valence-corrected chi connectivity index (χ2v) is 5.61. The van der Waals surface area contributed by atoms with E-state index in [-0.39, 0.29) is 23.8 Å². The molecule has 1 aromatic heterocycles. The monoisotopic (exact) mass is 239 g/mol. The van der Waals surface area contributed by atoms with E-state index in [9.17, 15) is 4.79 Å². The molecule has 0 radical (unpaired) electrons. The molecule has 3 N–H and O–H groups in total. The molecule has 0 bridgehead atoms. The molecule has 1 amide bonds. The molecule has 0 aliphatic carbocycles. The van der Waals surface area contributed by atoms with E-state index in [2.05, 4.69) is 31.2 Å². The lowest BCUT2D eigenvalue weighted by molar-refractivity contribution is -0.116. The minimum absolute atomic E-state index is 0.128. The molecule has 17 heavy (non-hydrogen) atoms. The standard InChI is InChI=1S/C12H21N3O2/c1-8-5-11(17-15-8)14-10(16)6-9(13)7-12(2,3)4/h5,9H,6-7,13H2,1-4H3,(H,14,16). The average Bonchev–Trinajstić information content (AvgIpc) is 2.46. The van der Waals surface area contributed by atoms with Crippen molar-refractivity contribution in [2.75, 3.05) is 5.32 Å². The van der Waals surface area contributed by atoms with Crippen molar-refractivity contribution in [3.8, 4) is 0 Å². The molecule has 0 aromatic carbocycles. The summed E-state index contributed by atoms with van der Waals surface area (Å²) in [6.45, 7) is 8.10. The third kappa shape index (κ3) is 5.49. The van der Waals surface area contributed by atoms with Crippen molar-refractivity contribution in [2.24, 2.45) is 11.1 Å². The topological polar surface area (TPSA) is 81.2 Å². The lowest BCUT2D eigenvalue weighted by Crippen LogP contribution is -2.31. The summed E-state index contributed by atoms with van der Waals surface area (Å²) < 4.78 is 4.89. The van der Waals surface area contributed by atoms with Gasteiger partial charge < -0.3 is 10.3 Å². The van der Waals surface area contributed by atoms with E-state index in [1.165, 1.54) is 0 Å². The van der Waals surface area contributed by atoms with Gasteiger partial charge in [-0.05, 0) is 18.8 Å². The van der Waals surface area contributed by atoms with Gasteiger partial charge >= 0.3 is 0 Å². The van der Waals surface area contributed by atoms with Crippen LogP contribution >= 0.6 is 0 Å². The number of aromatic nitrogens is 1. The number of hydrogen-bond acceptors (Lipinski definition) is 4. The van der Waals surface area contributed by atoms with E-state index in [0.29, 0.717) is 5.88 Å². The molecule has 0 aliphatic heterocycles. The summed E-state index contributed by atoms with van der Waals surface area (Å²) in [6, 6.07) is 1.53. The maximum atomic E-state index is 11.6. The summed E-state index contributed by atoms with van der Waals surface area (Å²) in [7, 11) is 0. The Balaban J connectivity index is 2.39. The van der Waals surface area contributed by atoms with Gasteiger partial charge in [-0.25, -0.2) is 0 Å². The van der Waals surface area contributed by atoms with Crippen LogP contribution in [0.2, 0.25) is 0 Å². The highest BCUT2D eigenvalue weighted by molar-refractivity contribution is 5.89. The van der Waals surface area contributed by atoms with Gasteiger partial charge in [0.2, 0.25) is 11.8 Å². The number of hydrogen-bond donors (Lipinski definition) is 2. The van der Waals surface area contributed by atoms with Crippen LogP contribution in [0.5, 0.6) is 0 Å². The molecule has 0 saturated heterocycles. The molecule has 0 fully saturated rings. The van der Waals surface area contributed by atoms with Crippen LogP contribution < -0.4 is 11.1 Å². The predicted molar refractivity (Wildman–Crippen MR) is 66.5 cm³/mol. The first-order valence-electron chi connectivity index (χ1n) is 5.75. The van der Waals surface area contributed by atoms with E-state index >= 15 is 0 Å². The Hall–Kier alpha value is -1.36. The fraction of sp³-hybridized carbons (Fsp3) is 0.667. The number of aryl methyl sites for hydroxylation is 1. The molecule has 1 heterocycles. The molecule has 1 rings (SSSR count). The minimum Gasteiger partial charge on any atom is -0.338 e. The Kier molecular flexibility index (Phi) is 4.28. The molecule has 1 unspecified atom stereocenters. The van der Waals surface area contributed by atoms with Crippen molar-refractivity contribution in [1.29, 1.82) is 0 Å². The second kappa shape index (κ2) is 5.31. The van der Waals surface area contributed by atoms with Crippen LogP contribution in [0.1, 0.15) is 39.3 Å². The third-order valence-electron chi connectivity index (χ3n) is 2.21. The van der Waals surface area contributed by atoms with Gasteiger partial charge in [0.25, 0.3) is 0 Å². The van der Waals surface area contributed by atoms with Crippen LogP contribution in [0.4, 0.5) is 5.88 Å². The molecule has 0 aliphatic rings. The number of anilines is 1. The Morgan fingerprint density at radius 1 is 1.59 bits per heavy atom. The number of amides is 1. The van der Waals surface area contributed by atoms with Gasteiger partial charge in [-0.2, -0.15) is 0 Å². The van der Waals surface area contributed by atoms with E-state index in [1.54, 1.807) is 13.0 Å². The van der Waals surface area contributed by atoms with Crippen LogP contribution in [0, 0.1) is 12.3 Å². The zero-order valence-corrected chi connectivity index (χ0v) is 10.9. The van der Waals surface area contributed by atoms with Crippen molar-refractivity contribution < 1.29 is 9.32 Å². The molecular formula is C12H21N3O2. The van der Waals surface area contributed by atoms with Crippen molar-refractivity contribution in [2.45, 2.75) is 46.6 Å². The van der Waals surface area contributed by atoms with Crippen LogP contribution in [0.15, 0.2) is 10.6 Å². The van der Waals surface area contributed by atoms with Crippen LogP contribution in [0.3, 0.4) is 0 Å². The molecule has 5 heteroatoms. The second-order valence-electron chi connectivity index (χ2n) is 5.61. The molecule has 1 atom stereocenters. The molecule has 5 nitrogen and oxygen atoms in total. The quantitative estimate of drug-likeness (QED) is 0.842. The first-order valence-corrected chi connectivity index (χ1v) is 5.75. The van der Waals surface area contributed by atoms with Gasteiger partial charge in [0, 0.05) is 18.5 Å². The smallest absolute Gasteiger partial charge is 0.231 e. The fourth-order valence-electron chi connectivity index (χ4n) is 1.71. The molecule has 0 spiro atoms. The van der Waals surface area contributed by atoms with E-state index in [0.717, 1.165) is 12.1 Å². The summed E-state index contributed by atoms with van der Waals surface area (Å²) >= 11 is 0. The Morgan fingerprint density at radius 2 is 2.24 bits per heavy atom. The zero-order chi connectivity index (χ0) is 13.1. The molecule has 0 saturated carbocycles. The lowest BCUT2D eigenvalue weighted by atomic mass is 9.87. The number of rotatable bonds is 4. The van der Waals surface area contributed by atoms with Gasteiger partial charge in [-0.1, -0.05) is 25.9 Å². The lowest BCUT2D eigenvalue weighted by Gasteiger charge is -2.22. The third-order valence-corrected chi connectivity index (χ3v) is 2.21. The van der Waals surface area contributed by atoms with Crippen molar-refractivity contribution >= 4 is 11.8 Å². The van der Waals surface area contributed by atoms with Crippen molar-refractivity contribution in [3.63, 3.8) is 0 Å². The van der Waals surface area contributed by atoms with E-state index in [4.69, 9.17) is 10.3 Å². The minimum atomic E-state index is -0.141. The van der Waals surface area contributed by atoms with E-state index in [1.807, 2.05) is 0 Å². The molecule has 1 aromatic rings. The number of carbonyl (C=O) groups is 1. The van der Waals surface area contributed by atoms with Gasteiger partial charge in [-0.3, -0.25) is 10.1 Å². The summed E-state index contributed by atoms with van der Waals surface area (Å²) in [5.41, 5.74) is 6.78. The summed E-state index contributed by atoms with van der Waals surface area (Å²) in [4.78, 5) is 11.6. The van der Waals surface area contributed by atoms with Gasteiger partial charge in [0.1, 0.15) is 0 Å².